The van der Waals surface area contributed by atoms with E-state index in [1.54, 1.807) is 12.1 Å². The Hall–Kier alpha value is -0.593. The van der Waals surface area contributed by atoms with Crippen molar-refractivity contribution >= 4 is 20.6 Å². The number of halogens is 1. The van der Waals surface area contributed by atoms with Gasteiger partial charge in [-0.2, -0.15) is 5.06 Å². The highest BCUT2D eigenvalue weighted by molar-refractivity contribution is 6.48. The van der Waals surface area contributed by atoms with Crippen LogP contribution in [-0.4, -0.2) is 44.5 Å². The first-order valence-electron chi connectivity index (χ1n) is 8.56. The molecule has 1 N–H and O–H groups in total. The number of hydrogen-bond donors (Lipinski definition) is 1. The van der Waals surface area contributed by atoms with Crippen molar-refractivity contribution in [3.8, 4) is 5.75 Å². The lowest BCUT2D eigenvalue weighted by atomic mass is 9.88. The first kappa shape index (κ1) is 21.4. The molecule has 0 spiro atoms. The lowest BCUT2D eigenvalue weighted by Crippen LogP contribution is -2.44. The minimum absolute atomic E-state index is 0.210. The molecule has 138 valence electrons. The van der Waals surface area contributed by atoms with Gasteiger partial charge in [0.05, 0.1) is 6.54 Å². The molecule has 1 aromatic carbocycles. The molecule has 0 radical (unpaired) electrons. The Balaban J connectivity index is 2.58. The molecule has 0 saturated heterocycles. The van der Waals surface area contributed by atoms with Gasteiger partial charge in [-0.05, 0) is 50.1 Å². The zero-order valence-corrected chi connectivity index (χ0v) is 17.7. The molecular weight excluding hydrogens is 342 g/mol. The largest absolute Gasteiger partial charge is 0.491 e. The molecule has 0 aliphatic carbocycles. The Morgan fingerprint density at radius 2 is 1.96 bits per heavy atom. The number of hydrogen-bond acceptors (Lipinski definition) is 4. The molecule has 0 bridgehead atoms. The highest BCUT2D eigenvalue weighted by Gasteiger charge is 2.24. The van der Waals surface area contributed by atoms with Crippen molar-refractivity contribution in [2.45, 2.75) is 59.4 Å². The summed E-state index contributed by atoms with van der Waals surface area (Å²) in [5.74, 6) is 0.662. The topological polar surface area (TPSA) is 41.9 Å². The van der Waals surface area contributed by atoms with E-state index in [0.717, 1.165) is 6.42 Å². The lowest BCUT2D eigenvalue weighted by Gasteiger charge is -2.35. The molecule has 0 heterocycles. The summed E-state index contributed by atoms with van der Waals surface area (Å²) >= 11 is 5.94. The average Bonchev–Trinajstić information content (AvgIpc) is 2.42. The van der Waals surface area contributed by atoms with Gasteiger partial charge >= 0.3 is 0 Å². The van der Waals surface area contributed by atoms with Crippen molar-refractivity contribution in [1.82, 2.24) is 5.06 Å². The molecule has 0 fully saturated rings. The van der Waals surface area contributed by atoms with Crippen LogP contribution in [0.2, 0.25) is 18.1 Å². The van der Waals surface area contributed by atoms with Crippen LogP contribution < -0.4 is 4.74 Å². The maximum absolute atomic E-state index is 10.3. The summed E-state index contributed by atoms with van der Waals surface area (Å²) in [5.41, 5.74) is 0.210. The molecule has 6 heteroatoms. The summed E-state index contributed by atoms with van der Waals surface area (Å²) in [7, 11) is -1.24. The fourth-order valence-corrected chi connectivity index (χ4v) is 3.61. The third-order valence-electron chi connectivity index (χ3n) is 3.37. The van der Waals surface area contributed by atoms with E-state index in [2.05, 4.69) is 40.8 Å². The minimum atomic E-state index is -1.24. The van der Waals surface area contributed by atoms with Crippen LogP contribution in [0, 0.1) is 5.41 Å². The lowest BCUT2D eigenvalue weighted by molar-refractivity contribution is -0.127. The summed E-state index contributed by atoms with van der Waals surface area (Å²) < 4.78 is 11.7. The summed E-state index contributed by atoms with van der Waals surface area (Å²) in [6.45, 7) is 13.7. The highest BCUT2D eigenvalue weighted by atomic mass is 35.5. The number of aliphatic hydroxyl groups excluding tert-OH is 1. The zero-order valence-electron chi connectivity index (χ0n) is 15.8. The van der Waals surface area contributed by atoms with E-state index in [1.807, 2.05) is 17.2 Å². The first-order valence-corrected chi connectivity index (χ1v) is 11.7. The molecule has 0 amide bonds. The smallest absolute Gasteiger partial charge is 0.199 e. The van der Waals surface area contributed by atoms with Gasteiger partial charge in [-0.25, -0.2) is 0 Å². The second-order valence-corrected chi connectivity index (χ2v) is 10.5. The summed E-state index contributed by atoms with van der Waals surface area (Å²) in [6.07, 6.45) is 0.370. The van der Waals surface area contributed by atoms with Crippen LogP contribution in [-0.2, 0) is 4.53 Å². The minimum Gasteiger partial charge on any atom is -0.491 e. The Bertz CT molecular complexity index is 493. The number of hydroxylamine groups is 2. The summed E-state index contributed by atoms with van der Waals surface area (Å²) in [5, 5.41) is 12.9. The van der Waals surface area contributed by atoms with Gasteiger partial charge in [-0.1, -0.05) is 38.4 Å². The van der Waals surface area contributed by atoms with Crippen molar-refractivity contribution in [3.05, 3.63) is 29.3 Å². The van der Waals surface area contributed by atoms with E-state index < -0.39 is 15.1 Å². The van der Waals surface area contributed by atoms with Crippen LogP contribution in [0.1, 0.15) is 34.1 Å². The highest BCUT2D eigenvalue weighted by Crippen LogP contribution is 2.24. The van der Waals surface area contributed by atoms with Crippen molar-refractivity contribution in [2.75, 3.05) is 13.2 Å². The van der Waals surface area contributed by atoms with E-state index in [-0.39, 0.29) is 18.1 Å². The van der Waals surface area contributed by atoms with Crippen LogP contribution in [0.5, 0.6) is 5.75 Å². The van der Waals surface area contributed by atoms with Gasteiger partial charge < -0.3 is 14.4 Å². The van der Waals surface area contributed by atoms with Gasteiger partial charge in [0.25, 0.3) is 0 Å². The Kier molecular flexibility index (Phi) is 8.74. The van der Waals surface area contributed by atoms with Crippen LogP contribution in [0.15, 0.2) is 24.3 Å². The van der Waals surface area contributed by atoms with E-state index in [0.29, 0.717) is 17.3 Å². The molecule has 0 aliphatic rings. The number of ether oxygens (including phenoxy) is 1. The van der Waals surface area contributed by atoms with E-state index in [4.69, 9.17) is 20.9 Å². The van der Waals surface area contributed by atoms with Gasteiger partial charge in [-0.15, -0.1) is 0 Å². The first-order chi connectivity index (χ1) is 11.1. The van der Waals surface area contributed by atoms with Crippen molar-refractivity contribution in [1.29, 1.82) is 0 Å². The maximum Gasteiger partial charge on any atom is 0.199 e. The summed E-state index contributed by atoms with van der Waals surface area (Å²) in [4.78, 5) is 0. The van der Waals surface area contributed by atoms with Crippen molar-refractivity contribution in [2.24, 2.45) is 5.41 Å². The molecule has 0 saturated carbocycles. The monoisotopic (exact) mass is 373 g/mol. The number of nitrogens with zero attached hydrogens (tertiary/aromatic N) is 1. The Labute approximate surface area is 153 Å². The predicted molar refractivity (Wildman–Crippen MR) is 103 cm³/mol. The molecule has 0 unspecified atom stereocenters. The van der Waals surface area contributed by atoms with Crippen molar-refractivity contribution < 1.29 is 14.4 Å². The van der Waals surface area contributed by atoms with E-state index >= 15 is 0 Å². The van der Waals surface area contributed by atoms with E-state index in [9.17, 15) is 5.11 Å². The van der Waals surface area contributed by atoms with Crippen molar-refractivity contribution in [3.63, 3.8) is 0 Å². The molecule has 0 aromatic heterocycles. The average molecular weight is 374 g/mol. The second kappa shape index (κ2) is 9.78. The Morgan fingerprint density at radius 3 is 2.50 bits per heavy atom. The van der Waals surface area contributed by atoms with Crippen LogP contribution in [0.3, 0.4) is 0 Å². The quantitative estimate of drug-likeness (QED) is 0.522. The van der Waals surface area contributed by atoms with Gasteiger partial charge in [0.2, 0.25) is 0 Å². The molecular formula is C18H32ClNO3Si. The standard InChI is InChI=1S/C18H32ClNO3Si/c1-14(11-18(2,3)4)20(23-24(5)6)12-16(21)13-22-17-9-7-8-15(19)10-17/h7-10,14,16,21,24H,11-13H2,1-6H3/t14-,16+/m1/s1. The zero-order chi connectivity index (χ0) is 18.3. The molecule has 2 atom stereocenters. The third kappa shape index (κ3) is 9.04. The molecule has 4 nitrogen and oxygen atoms in total. The molecule has 1 aromatic rings. The summed E-state index contributed by atoms with van der Waals surface area (Å²) in [6, 6.07) is 7.43. The van der Waals surface area contributed by atoms with E-state index in [1.165, 1.54) is 0 Å². The number of benzene rings is 1. The SMILES string of the molecule is C[C@H](CC(C)(C)C)N(C[C@H](O)COc1cccc(Cl)c1)O[SiH](C)C. The van der Waals surface area contributed by atoms with Gasteiger partial charge in [0, 0.05) is 11.1 Å². The van der Waals surface area contributed by atoms with Crippen LogP contribution >= 0.6 is 11.6 Å². The van der Waals surface area contributed by atoms with Gasteiger partial charge in [0.15, 0.2) is 9.04 Å². The number of rotatable bonds is 9. The van der Waals surface area contributed by atoms with Gasteiger partial charge in [0.1, 0.15) is 18.5 Å². The maximum atomic E-state index is 10.3. The molecule has 1 rings (SSSR count). The number of aliphatic hydroxyl groups is 1. The molecule has 24 heavy (non-hydrogen) atoms. The molecule has 0 aliphatic heterocycles. The Morgan fingerprint density at radius 1 is 1.29 bits per heavy atom. The normalized spacial score (nSPS) is 14.9. The fourth-order valence-electron chi connectivity index (χ4n) is 2.60. The second-order valence-electron chi connectivity index (χ2n) is 7.79. The third-order valence-corrected chi connectivity index (χ3v) is 4.30. The fraction of sp³-hybridized carbons (Fsp3) is 0.667. The van der Waals surface area contributed by atoms with Gasteiger partial charge in [-0.3, -0.25) is 0 Å². The predicted octanol–water partition coefficient (Wildman–Crippen LogP) is 4.12. The van der Waals surface area contributed by atoms with Crippen LogP contribution in [0.4, 0.5) is 0 Å². The van der Waals surface area contributed by atoms with Crippen LogP contribution in [0.25, 0.3) is 0 Å².